The topological polar surface area (TPSA) is 72.2 Å². The minimum atomic E-state index is -3.65. The van der Waals surface area contributed by atoms with Gasteiger partial charge in [-0.3, -0.25) is 0 Å². The third-order valence-electron chi connectivity index (χ3n) is 3.18. The van der Waals surface area contributed by atoms with E-state index in [1.807, 2.05) is 6.92 Å². The Hall–Kier alpha value is -0.690. The first kappa shape index (κ1) is 14.7. The Bertz CT molecular complexity index is 612. The lowest BCUT2D eigenvalue weighted by Gasteiger charge is -2.14. The first-order valence-corrected chi connectivity index (χ1v) is 8.20. The molecule has 0 radical (unpaired) electrons. The Morgan fingerprint density at radius 3 is 2.68 bits per heavy atom. The number of hydrogen-bond acceptors (Lipinski definition) is 3. The molecule has 0 heterocycles. The second kappa shape index (κ2) is 5.36. The van der Waals surface area contributed by atoms with Crippen molar-refractivity contribution < 1.29 is 8.42 Å². The Kier molecular flexibility index (Phi) is 4.15. The summed E-state index contributed by atoms with van der Waals surface area (Å²) in [5.41, 5.74) is 5.99. The predicted molar refractivity (Wildman–Crippen MR) is 79.8 cm³/mol. The van der Waals surface area contributed by atoms with Crippen molar-refractivity contribution in [2.24, 2.45) is 11.7 Å². The third-order valence-corrected chi connectivity index (χ3v) is 5.45. The smallest absolute Gasteiger partial charge is 0.242 e. The average Bonchev–Trinajstić information content (AvgIpc) is 3.11. The minimum absolute atomic E-state index is 0.0203. The molecule has 0 aromatic heterocycles. The summed E-state index contributed by atoms with van der Waals surface area (Å²) in [5.74, 6) is 0.423. The van der Waals surface area contributed by atoms with Gasteiger partial charge in [-0.05, 0) is 37.8 Å². The van der Waals surface area contributed by atoms with E-state index in [9.17, 15) is 8.42 Å². The van der Waals surface area contributed by atoms with Crippen LogP contribution in [-0.4, -0.2) is 19.4 Å². The molecule has 1 aromatic carbocycles. The normalized spacial score (nSPS) is 17.2. The predicted octanol–water partition coefficient (Wildman–Crippen LogP) is 2.05. The maximum atomic E-state index is 12.3. The van der Waals surface area contributed by atoms with Gasteiger partial charge in [0.2, 0.25) is 10.0 Å². The highest BCUT2D eigenvalue weighted by Crippen LogP contribution is 2.33. The average molecular weight is 319 g/mol. The Labute approximate surface area is 123 Å². The van der Waals surface area contributed by atoms with Gasteiger partial charge in [-0.25, -0.2) is 13.1 Å². The van der Waals surface area contributed by atoms with Crippen LogP contribution in [0.3, 0.4) is 0 Å². The molecule has 0 spiro atoms. The lowest BCUT2D eigenvalue weighted by atomic mass is 10.2. The number of sulfonamides is 1. The molecule has 1 aliphatic carbocycles. The van der Waals surface area contributed by atoms with Gasteiger partial charge < -0.3 is 5.73 Å². The molecule has 1 saturated carbocycles. The summed E-state index contributed by atoms with van der Waals surface area (Å²) in [6.45, 7) is 1.86. The van der Waals surface area contributed by atoms with Crippen molar-refractivity contribution in [3.05, 3.63) is 28.8 Å². The van der Waals surface area contributed by atoms with Gasteiger partial charge in [0.1, 0.15) is 9.88 Å². The van der Waals surface area contributed by atoms with Crippen molar-refractivity contribution in [3.63, 3.8) is 0 Å². The summed E-state index contributed by atoms with van der Waals surface area (Å²) >= 11 is 10.8. The lowest BCUT2D eigenvalue weighted by Crippen LogP contribution is -2.34. The summed E-state index contributed by atoms with van der Waals surface area (Å²) in [6.07, 6.45) is 2.12. The molecule has 1 fully saturated rings. The molecule has 2 rings (SSSR count). The number of halogens is 1. The van der Waals surface area contributed by atoms with Crippen LogP contribution in [0.25, 0.3) is 0 Å². The number of nitrogens with one attached hydrogen (secondary N) is 1. The van der Waals surface area contributed by atoms with Gasteiger partial charge in [0.25, 0.3) is 0 Å². The number of hydrogen-bond donors (Lipinski definition) is 2. The van der Waals surface area contributed by atoms with Crippen LogP contribution in [-0.2, 0) is 10.0 Å². The molecule has 19 heavy (non-hydrogen) atoms. The summed E-state index contributed by atoms with van der Waals surface area (Å²) in [7, 11) is -3.65. The second-order valence-corrected chi connectivity index (χ2v) is 7.29. The molecule has 3 N–H and O–H groups in total. The van der Waals surface area contributed by atoms with Gasteiger partial charge in [0.05, 0.1) is 5.02 Å². The SMILES string of the molecule is CC(NS(=O)(=O)c1cc(C(N)=S)ccc1Cl)C1CC1. The Balaban J connectivity index is 2.33. The zero-order chi connectivity index (χ0) is 14.2. The van der Waals surface area contributed by atoms with E-state index in [0.717, 1.165) is 12.8 Å². The molecule has 7 heteroatoms. The second-order valence-electron chi connectivity index (χ2n) is 4.76. The summed E-state index contributed by atoms with van der Waals surface area (Å²) in [4.78, 5) is 0.162. The van der Waals surface area contributed by atoms with Crippen LogP contribution in [0.15, 0.2) is 23.1 Å². The van der Waals surface area contributed by atoms with Crippen LogP contribution < -0.4 is 10.5 Å². The molecule has 1 unspecified atom stereocenters. The number of benzene rings is 1. The van der Waals surface area contributed by atoms with Crippen LogP contribution in [0.4, 0.5) is 0 Å². The molecule has 4 nitrogen and oxygen atoms in total. The third kappa shape index (κ3) is 3.45. The van der Waals surface area contributed by atoms with Crippen molar-refractivity contribution >= 4 is 38.8 Å². The molecule has 0 saturated heterocycles. The van der Waals surface area contributed by atoms with Crippen molar-refractivity contribution in [2.75, 3.05) is 0 Å². The Morgan fingerprint density at radius 1 is 1.53 bits per heavy atom. The van der Waals surface area contributed by atoms with Crippen LogP contribution in [0.5, 0.6) is 0 Å². The molecular formula is C12H15ClN2O2S2. The van der Waals surface area contributed by atoms with E-state index >= 15 is 0 Å². The maximum Gasteiger partial charge on any atom is 0.242 e. The summed E-state index contributed by atoms with van der Waals surface area (Å²) in [6, 6.07) is 4.42. The molecular weight excluding hydrogens is 304 g/mol. The highest BCUT2D eigenvalue weighted by atomic mass is 35.5. The van der Waals surface area contributed by atoms with Gasteiger partial charge in [-0.1, -0.05) is 29.9 Å². The quantitative estimate of drug-likeness (QED) is 0.815. The van der Waals surface area contributed by atoms with E-state index in [1.54, 1.807) is 6.07 Å². The van der Waals surface area contributed by atoms with Gasteiger partial charge in [0, 0.05) is 11.6 Å². The van der Waals surface area contributed by atoms with Crippen molar-refractivity contribution in [1.82, 2.24) is 4.72 Å². The molecule has 1 atom stereocenters. The maximum absolute atomic E-state index is 12.3. The highest BCUT2D eigenvalue weighted by Gasteiger charge is 2.31. The number of rotatable bonds is 5. The van der Waals surface area contributed by atoms with E-state index in [0.29, 0.717) is 11.5 Å². The van der Waals surface area contributed by atoms with Crippen LogP contribution >= 0.6 is 23.8 Å². The van der Waals surface area contributed by atoms with E-state index in [4.69, 9.17) is 29.6 Å². The van der Waals surface area contributed by atoms with Crippen molar-refractivity contribution in [3.8, 4) is 0 Å². The van der Waals surface area contributed by atoms with Gasteiger partial charge >= 0.3 is 0 Å². The molecule has 0 aliphatic heterocycles. The van der Waals surface area contributed by atoms with E-state index in [1.165, 1.54) is 12.1 Å². The summed E-state index contributed by atoms with van der Waals surface area (Å²) in [5, 5.41) is 0.162. The van der Waals surface area contributed by atoms with Gasteiger partial charge in [-0.15, -0.1) is 0 Å². The minimum Gasteiger partial charge on any atom is -0.389 e. The summed E-state index contributed by atoms with van der Waals surface area (Å²) < 4.78 is 27.2. The molecule has 0 bridgehead atoms. The number of thiocarbonyl (C=S) groups is 1. The lowest BCUT2D eigenvalue weighted by molar-refractivity contribution is 0.538. The van der Waals surface area contributed by atoms with E-state index in [-0.39, 0.29) is 20.9 Å². The molecule has 104 valence electrons. The molecule has 1 aromatic rings. The van der Waals surface area contributed by atoms with Crippen molar-refractivity contribution in [1.29, 1.82) is 0 Å². The standard InChI is InChI=1S/C12H15ClN2O2S2/c1-7(8-2-3-8)15-19(16,17)11-6-9(12(14)18)4-5-10(11)13/h4-8,15H,2-3H2,1H3,(H2,14,18). The highest BCUT2D eigenvalue weighted by molar-refractivity contribution is 7.89. The van der Waals surface area contributed by atoms with Crippen LogP contribution in [0.2, 0.25) is 5.02 Å². The Morgan fingerprint density at radius 2 is 2.16 bits per heavy atom. The molecule has 0 amide bonds. The van der Waals surface area contributed by atoms with Crippen molar-refractivity contribution in [2.45, 2.75) is 30.7 Å². The first-order chi connectivity index (χ1) is 8.81. The van der Waals surface area contributed by atoms with Crippen LogP contribution in [0, 0.1) is 5.92 Å². The fourth-order valence-corrected chi connectivity index (χ4v) is 3.83. The van der Waals surface area contributed by atoms with E-state index < -0.39 is 10.0 Å². The van der Waals surface area contributed by atoms with Gasteiger partial charge in [-0.2, -0.15) is 0 Å². The number of nitrogens with two attached hydrogens (primary N) is 1. The van der Waals surface area contributed by atoms with Crippen LogP contribution in [0.1, 0.15) is 25.3 Å². The first-order valence-electron chi connectivity index (χ1n) is 5.93. The molecule has 1 aliphatic rings. The zero-order valence-corrected chi connectivity index (χ0v) is 12.8. The zero-order valence-electron chi connectivity index (χ0n) is 10.4. The fraction of sp³-hybridized carbons (Fsp3) is 0.417. The monoisotopic (exact) mass is 318 g/mol. The fourth-order valence-electron chi connectivity index (χ4n) is 1.86. The largest absolute Gasteiger partial charge is 0.389 e. The van der Waals surface area contributed by atoms with E-state index in [2.05, 4.69) is 4.72 Å². The van der Waals surface area contributed by atoms with Gasteiger partial charge in [0.15, 0.2) is 0 Å².